The highest BCUT2D eigenvalue weighted by atomic mass is 19.1. The zero-order valence-electron chi connectivity index (χ0n) is 20.4. The molecule has 0 bridgehead atoms. The molecule has 2 aromatic carbocycles. The van der Waals surface area contributed by atoms with Crippen LogP contribution in [-0.2, 0) is 0 Å². The Morgan fingerprint density at radius 1 is 1.03 bits per heavy atom. The number of halogens is 1. The summed E-state index contributed by atoms with van der Waals surface area (Å²) in [6, 6.07) is 12.8. The van der Waals surface area contributed by atoms with Gasteiger partial charge in [0.25, 0.3) is 0 Å². The maximum Gasteiger partial charge on any atom is 0.194 e. The molecule has 6 rings (SSSR count). The van der Waals surface area contributed by atoms with Crippen LogP contribution in [0.2, 0.25) is 0 Å². The topological polar surface area (TPSA) is 48.8 Å². The molecule has 1 saturated carbocycles. The van der Waals surface area contributed by atoms with Crippen molar-refractivity contribution in [2.45, 2.75) is 44.4 Å². The number of rotatable bonds is 6. The second kappa shape index (κ2) is 9.30. The third-order valence-corrected chi connectivity index (χ3v) is 7.93. The summed E-state index contributed by atoms with van der Waals surface area (Å²) in [7, 11) is 1.43. The van der Waals surface area contributed by atoms with Crippen LogP contribution in [-0.4, -0.2) is 54.8 Å². The molecule has 1 radical (unpaired) electrons. The number of pyridine rings is 1. The van der Waals surface area contributed by atoms with Gasteiger partial charge in [0.15, 0.2) is 17.3 Å². The second-order valence-corrected chi connectivity index (χ2v) is 10.4. The maximum atomic E-state index is 14.4. The van der Waals surface area contributed by atoms with Gasteiger partial charge in [-0.25, -0.2) is 4.39 Å². The van der Waals surface area contributed by atoms with Crippen molar-refractivity contribution >= 4 is 16.6 Å². The van der Waals surface area contributed by atoms with Crippen molar-refractivity contribution in [2.24, 2.45) is 5.92 Å². The van der Waals surface area contributed by atoms with Crippen LogP contribution in [0.3, 0.4) is 0 Å². The lowest BCUT2D eigenvalue weighted by Gasteiger charge is -2.35. The number of hydrogen-bond donors (Lipinski definition) is 1. The summed E-state index contributed by atoms with van der Waals surface area (Å²) in [6.45, 7) is 5.83. The van der Waals surface area contributed by atoms with E-state index in [1.54, 1.807) is 6.07 Å². The molecule has 35 heavy (non-hydrogen) atoms. The van der Waals surface area contributed by atoms with Crippen LogP contribution in [0.5, 0.6) is 11.5 Å². The summed E-state index contributed by atoms with van der Waals surface area (Å²) in [5, 5.41) is 11.0. The van der Waals surface area contributed by atoms with Gasteiger partial charge in [0.1, 0.15) is 0 Å². The van der Waals surface area contributed by atoms with Crippen molar-refractivity contribution in [3.63, 3.8) is 0 Å². The van der Waals surface area contributed by atoms with Crippen LogP contribution < -0.4 is 9.64 Å². The molecule has 183 valence electrons. The number of ether oxygens (including phenoxy) is 1. The minimum Gasteiger partial charge on any atom is -0.502 e. The van der Waals surface area contributed by atoms with Crippen molar-refractivity contribution in [2.75, 3.05) is 44.7 Å². The molecule has 0 atom stereocenters. The number of methoxy groups -OCH3 is 1. The Hall–Kier alpha value is -2.86. The van der Waals surface area contributed by atoms with Crippen LogP contribution >= 0.6 is 0 Å². The highest BCUT2D eigenvalue weighted by Crippen LogP contribution is 2.43. The van der Waals surface area contributed by atoms with Crippen LogP contribution in [0.25, 0.3) is 22.0 Å². The molecule has 0 spiro atoms. The Morgan fingerprint density at radius 3 is 2.51 bits per heavy atom. The lowest BCUT2D eigenvalue weighted by Crippen LogP contribution is -2.38. The van der Waals surface area contributed by atoms with Gasteiger partial charge in [-0.15, -0.1) is 0 Å². The van der Waals surface area contributed by atoms with Crippen molar-refractivity contribution in [1.82, 2.24) is 9.88 Å². The Bertz CT molecular complexity index is 1230. The van der Waals surface area contributed by atoms with E-state index in [1.807, 2.05) is 12.1 Å². The number of benzene rings is 2. The standard InChI is InChI=1S/C29H33FN3O2/c1-35-28-16-22(15-24(30)29(28)34)21-6-7-25-23(14-21)27(17-26(31-25)20-4-5-20)33-12-8-19(9-13-33)18-32-10-2-3-11-32/h6-7,14-16,19-20,34H,2-5,8-13,18H2,1H3. The van der Waals surface area contributed by atoms with Crippen molar-refractivity contribution < 1.29 is 14.2 Å². The average Bonchev–Trinajstić information content (AvgIpc) is 3.62. The van der Waals surface area contributed by atoms with Gasteiger partial charge >= 0.3 is 0 Å². The van der Waals surface area contributed by atoms with E-state index in [0.717, 1.165) is 46.9 Å². The molecule has 3 heterocycles. The summed E-state index contributed by atoms with van der Waals surface area (Å²) >= 11 is 0. The quantitative estimate of drug-likeness (QED) is 0.493. The fourth-order valence-electron chi connectivity index (χ4n) is 5.71. The predicted molar refractivity (Wildman–Crippen MR) is 137 cm³/mol. The first-order valence-corrected chi connectivity index (χ1v) is 13.0. The Labute approximate surface area is 206 Å². The highest BCUT2D eigenvalue weighted by Gasteiger charge is 2.29. The lowest BCUT2D eigenvalue weighted by molar-refractivity contribution is 0.249. The van der Waals surface area contributed by atoms with Gasteiger partial charge in [0.05, 0.1) is 24.0 Å². The monoisotopic (exact) mass is 474 g/mol. The number of anilines is 1. The van der Waals surface area contributed by atoms with Gasteiger partial charge in [0.2, 0.25) is 0 Å². The van der Waals surface area contributed by atoms with E-state index in [2.05, 4.69) is 21.9 Å². The van der Waals surface area contributed by atoms with E-state index in [0.29, 0.717) is 11.5 Å². The van der Waals surface area contributed by atoms with Gasteiger partial charge in [0, 0.05) is 37.0 Å². The van der Waals surface area contributed by atoms with Crippen LogP contribution in [0.15, 0.2) is 30.3 Å². The second-order valence-electron chi connectivity index (χ2n) is 10.4. The normalized spacial score (nSPS) is 19.5. The molecule has 3 fully saturated rings. The molecular formula is C29H33FN3O2. The largest absolute Gasteiger partial charge is 0.502 e. The van der Waals surface area contributed by atoms with Gasteiger partial charge in [-0.3, -0.25) is 4.98 Å². The SMILES string of the molecule is COc1cc(-c2ccc3nc(C4CC4)[c]c(N4CCC(CN5CCCC5)CC4)c3c2)cc(F)c1O. The molecule has 2 saturated heterocycles. The number of aromatic nitrogens is 1. The maximum absolute atomic E-state index is 14.4. The molecule has 1 aromatic heterocycles. The number of phenols is 1. The van der Waals surface area contributed by atoms with Crippen molar-refractivity contribution in [3.8, 4) is 22.6 Å². The first-order chi connectivity index (χ1) is 17.1. The summed E-state index contributed by atoms with van der Waals surface area (Å²) in [6.07, 6.45) is 7.48. The van der Waals surface area contributed by atoms with E-state index in [1.165, 1.54) is 71.3 Å². The van der Waals surface area contributed by atoms with Gasteiger partial charge in [-0.05, 0) is 92.9 Å². The Balaban J connectivity index is 1.33. The number of fused-ring (bicyclic) bond motifs is 1. The van der Waals surface area contributed by atoms with Crippen LogP contribution in [0.4, 0.5) is 10.1 Å². The summed E-state index contributed by atoms with van der Waals surface area (Å²) in [5.74, 6) is 0.283. The third-order valence-electron chi connectivity index (χ3n) is 7.93. The first kappa shape index (κ1) is 22.6. The first-order valence-electron chi connectivity index (χ1n) is 13.0. The Morgan fingerprint density at radius 2 is 1.80 bits per heavy atom. The van der Waals surface area contributed by atoms with E-state index in [9.17, 15) is 9.50 Å². The zero-order valence-corrected chi connectivity index (χ0v) is 20.4. The lowest BCUT2D eigenvalue weighted by atomic mass is 9.94. The van der Waals surface area contributed by atoms with E-state index >= 15 is 0 Å². The number of aromatic hydroxyl groups is 1. The molecule has 3 aliphatic rings. The minimum absolute atomic E-state index is 0.133. The summed E-state index contributed by atoms with van der Waals surface area (Å²) in [4.78, 5) is 10.1. The van der Waals surface area contributed by atoms with E-state index < -0.39 is 11.6 Å². The molecule has 0 unspecified atom stereocenters. The fourth-order valence-corrected chi connectivity index (χ4v) is 5.71. The third kappa shape index (κ3) is 4.56. The van der Waals surface area contributed by atoms with E-state index in [4.69, 9.17) is 9.72 Å². The molecule has 2 aliphatic heterocycles. The summed E-state index contributed by atoms with van der Waals surface area (Å²) in [5.41, 5.74) is 4.71. The number of piperidine rings is 1. The number of likely N-dealkylation sites (tertiary alicyclic amines) is 1. The van der Waals surface area contributed by atoms with Crippen LogP contribution in [0, 0.1) is 17.8 Å². The average molecular weight is 475 g/mol. The van der Waals surface area contributed by atoms with Gasteiger partial charge in [-0.2, -0.15) is 0 Å². The van der Waals surface area contributed by atoms with Gasteiger partial charge < -0.3 is 19.6 Å². The van der Waals surface area contributed by atoms with Gasteiger partial charge in [-0.1, -0.05) is 6.07 Å². The fraction of sp³-hybridized carbons (Fsp3) is 0.483. The van der Waals surface area contributed by atoms with Crippen molar-refractivity contribution in [1.29, 1.82) is 0 Å². The molecule has 6 heteroatoms. The van der Waals surface area contributed by atoms with Crippen LogP contribution in [0.1, 0.15) is 50.1 Å². The zero-order chi connectivity index (χ0) is 23.9. The molecule has 3 aromatic rings. The highest BCUT2D eigenvalue weighted by molar-refractivity contribution is 5.95. The smallest absolute Gasteiger partial charge is 0.194 e. The number of nitrogens with zero attached hydrogens (tertiary/aromatic N) is 3. The predicted octanol–water partition coefficient (Wildman–Crippen LogP) is 5.74. The molecule has 5 nitrogen and oxygen atoms in total. The number of phenolic OH excluding ortho intramolecular Hbond substituents is 1. The molecule has 1 N–H and O–H groups in total. The summed E-state index contributed by atoms with van der Waals surface area (Å²) < 4.78 is 19.5. The van der Waals surface area contributed by atoms with E-state index in [-0.39, 0.29) is 5.75 Å². The molecule has 1 aliphatic carbocycles. The minimum atomic E-state index is -0.687. The number of hydrogen-bond acceptors (Lipinski definition) is 5. The molecule has 0 amide bonds. The van der Waals surface area contributed by atoms with Crippen molar-refractivity contribution in [3.05, 3.63) is 47.9 Å². The Kier molecular flexibility index (Phi) is 6.01. The molecular weight excluding hydrogens is 441 g/mol.